The van der Waals surface area contributed by atoms with Gasteiger partial charge in [0.2, 0.25) is 0 Å². The van der Waals surface area contributed by atoms with Gasteiger partial charge in [-0.1, -0.05) is 26.8 Å². The first-order chi connectivity index (χ1) is 11.0. The molecule has 0 unspecified atom stereocenters. The molecule has 3 aromatic rings. The number of nitrogens with one attached hydrogen (secondary N) is 1. The first-order valence-corrected chi connectivity index (χ1v) is 9.13. The Balaban J connectivity index is 2.12. The zero-order valence-electron chi connectivity index (χ0n) is 14.1. The zero-order valence-corrected chi connectivity index (χ0v) is 15.0. The predicted octanol–water partition coefficient (Wildman–Crippen LogP) is 4.87. The lowest BCUT2D eigenvalue weighted by atomic mass is 9.86. The van der Waals surface area contributed by atoms with Gasteiger partial charge in [0.15, 0.2) is 0 Å². The molecule has 0 aliphatic carbocycles. The summed E-state index contributed by atoms with van der Waals surface area (Å²) in [4.78, 5) is 8.09. The average Bonchev–Trinajstić information content (AvgIpc) is 3.13. The molecule has 0 atom stereocenters. The Labute approximate surface area is 141 Å². The van der Waals surface area contributed by atoms with Gasteiger partial charge in [0.1, 0.15) is 5.01 Å². The van der Waals surface area contributed by atoms with E-state index in [2.05, 4.69) is 48.9 Å². The second kappa shape index (κ2) is 6.46. The first-order valence-electron chi connectivity index (χ1n) is 8.25. The molecule has 23 heavy (non-hydrogen) atoms. The number of nitrogens with zero attached hydrogens (tertiary/aromatic N) is 1. The van der Waals surface area contributed by atoms with Crippen molar-refractivity contribution >= 4 is 22.2 Å². The van der Waals surface area contributed by atoms with E-state index in [0.717, 1.165) is 30.8 Å². The highest BCUT2D eigenvalue weighted by molar-refractivity contribution is 7.13. The Hall–Kier alpha value is -1.65. The van der Waals surface area contributed by atoms with E-state index in [-0.39, 0.29) is 5.41 Å². The van der Waals surface area contributed by atoms with E-state index in [0.29, 0.717) is 0 Å². The van der Waals surface area contributed by atoms with Gasteiger partial charge in [-0.3, -0.25) is 0 Å². The number of nitrogens with two attached hydrogens (primary N) is 1. The molecule has 3 rings (SSSR count). The number of rotatable bonds is 5. The topological polar surface area (TPSA) is 54.7 Å². The predicted molar refractivity (Wildman–Crippen MR) is 100 cm³/mol. The monoisotopic (exact) mass is 327 g/mol. The Kier molecular flexibility index (Phi) is 4.55. The standard InChI is InChI=1S/C19H25N3S/c1-19(2,3)13-7-8-16-15(12-13)14(6-4-5-9-20)17(22-16)18-21-10-11-23-18/h7-8,10-12,22H,4-6,9,20H2,1-3H3. The van der Waals surface area contributed by atoms with Crippen molar-refractivity contribution in [2.75, 3.05) is 6.54 Å². The number of unbranched alkanes of at least 4 members (excludes halogenated alkanes) is 1. The third-order valence-corrected chi connectivity index (χ3v) is 5.09. The number of H-pyrrole nitrogens is 1. The van der Waals surface area contributed by atoms with Crippen LogP contribution in [0, 0.1) is 0 Å². The van der Waals surface area contributed by atoms with Gasteiger partial charge in [-0.25, -0.2) is 4.98 Å². The molecule has 0 bridgehead atoms. The SMILES string of the molecule is CC(C)(C)c1ccc2[nH]c(-c3nccs3)c(CCCCN)c2c1. The fraction of sp³-hybridized carbons (Fsp3) is 0.421. The largest absolute Gasteiger partial charge is 0.352 e. The molecule has 4 heteroatoms. The average molecular weight is 327 g/mol. The van der Waals surface area contributed by atoms with Gasteiger partial charge in [0.05, 0.1) is 5.69 Å². The Morgan fingerprint density at radius 3 is 2.70 bits per heavy atom. The molecule has 0 saturated heterocycles. The molecule has 0 saturated carbocycles. The van der Waals surface area contributed by atoms with Gasteiger partial charge in [-0.15, -0.1) is 11.3 Å². The van der Waals surface area contributed by atoms with E-state index in [9.17, 15) is 0 Å². The summed E-state index contributed by atoms with van der Waals surface area (Å²) in [5.41, 5.74) is 11.0. The Morgan fingerprint density at radius 2 is 2.04 bits per heavy atom. The van der Waals surface area contributed by atoms with Gasteiger partial charge in [-0.2, -0.15) is 0 Å². The molecule has 0 radical (unpaired) electrons. The lowest BCUT2D eigenvalue weighted by Crippen LogP contribution is -2.10. The van der Waals surface area contributed by atoms with Crippen molar-refractivity contribution in [1.29, 1.82) is 0 Å². The van der Waals surface area contributed by atoms with E-state index >= 15 is 0 Å². The molecule has 2 heterocycles. The number of aryl methyl sites for hydroxylation is 1. The van der Waals surface area contributed by atoms with Gasteiger partial charge in [-0.05, 0) is 54.5 Å². The van der Waals surface area contributed by atoms with Crippen molar-refractivity contribution in [2.45, 2.75) is 45.4 Å². The normalized spacial score (nSPS) is 12.2. The number of aromatic amines is 1. The summed E-state index contributed by atoms with van der Waals surface area (Å²) in [7, 11) is 0. The van der Waals surface area contributed by atoms with Crippen LogP contribution in [0.4, 0.5) is 0 Å². The molecule has 0 aliphatic heterocycles. The van der Waals surface area contributed by atoms with Gasteiger partial charge < -0.3 is 10.7 Å². The highest BCUT2D eigenvalue weighted by Crippen LogP contribution is 2.35. The number of hydrogen-bond acceptors (Lipinski definition) is 3. The van der Waals surface area contributed by atoms with Crippen molar-refractivity contribution in [3.8, 4) is 10.7 Å². The highest BCUT2D eigenvalue weighted by Gasteiger charge is 2.18. The van der Waals surface area contributed by atoms with Crippen molar-refractivity contribution in [3.63, 3.8) is 0 Å². The van der Waals surface area contributed by atoms with Crippen molar-refractivity contribution < 1.29 is 0 Å². The summed E-state index contributed by atoms with van der Waals surface area (Å²) in [5.74, 6) is 0. The summed E-state index contributed by atoms with van der Waals surface area (Å²) < 4.78 is 0. The van der Waals surface area contributed by atoms with E-state index in [1.165, 1.54) is 27.7 Å². The smallest absolute Gasteiger partial charge is 0.139 e. The second-order valence-electron chi connectivity index (χ2n) is 7.07. The molecule has 0 spiro atoms. The summed E-state index contributed by atoms with van der Waals surface area (Å²) >= 11 is 1.69. The Bertz CT molecular complexity index is 779. The molecule has 1 aromatic carbocycles. The van der Waals surface area contributed by atoms with E-state index in [4.69, 9.17) is 5.73 Å². The molecule has 2 aromatic heterocycles. The first kappa shape index (κ1) is 16.2. The lowest BCUT2D eigenvalue weighted by Gasteiger charge is -2.19. The lowest BCUT2D eigenvalue weighted by molar-refractivity contribution is 0.591. The van der Waals surface area contributed by atoms with Crippen LogP contribution < -0.4 is 5.73 Å². The van der Waals surface area contributed by atoms with Crippen LogP contribution in [0.1, 0.15) is 44.7 Å². The number of aromatic nitrogens is 2. The van der Waals surface area contributed by atoms with Gasteiger partial charge in [0, 0.05) is 22.5 Å². The molecular formula is C19H25N3S. The van der Waals surface area contributed by atoms with E-state index in [1.54, 1.807) is 11.3 Å². The third-order valence-electron chi connectivity index (χ3n) is 4.30. The number of hydrogen-bond donors (Lipinski definition) is 2. The summed E-state index contributed by atoms with van der Waals surface area (Å²) in [5, 5.41) is 4.44. The van der Waals surface area contributed by atoms with Gasteiger partial charge >= 0.3 is 0 Å². The molecular weight excluding hydrogens is 302 g/mol. The third kappa shape index (κ3) is 3.33. The van der Waals surface area contributed by atoms with Crippen molar-refractivity contribution in [2.24, 2.45) is 5.73 Å². The fourth-order valence-corrected chi connectivity index (χ4v) is 3.61. The van der Waals surface area contributed by atoms with Crippen LogP contribution in [0.5, 0.6) is 0 Å². The maximum atomic E-state index is 5.68. The van der Waals surface area contributed by atoms with Gasteiger partial charge in [0.25, 0.3) is 0 Å². The van der Waals surface area contributed by atoms with E-state index in [1.807, 2.05) is 11.6 Å². The van der Waals surface area contributed by atoms with Crippen molar-refractivity contribution in [1.82, 2.24) is 9.97 Å². The van der Waals surface area contributed by atoms with Crippen LogP contribution in [0.25, 0.3) is 21.6 Å². The minimum Gasteiger partial charge on any atom is -0.352 e. The van der Waals surface area contributed by atoms with E-state index < -0.39 is 0 Å². The summed E-state index contributed by atoms with van der Waals surface area (Å²) in [6.07, 6.45) is 5.08. The second-order valence-corrected chi connectivity index (χ2v) is 7.97. The number of fused-ring (bicyclic) bond motifs is 1. The molecule has 3 N–H and O–H groups in total. The van der Waals surface area contributed by atoms with Crippen molar-refractivity contribution in [3.05, 3.63) is 40.9 Å². The quantitative estimate of drug-likeness (QED) is 0.657. The maximum Gasteiger partial charge on any atom is 0.139 e. The van der Waals surface area contributed by atoms with Crippen LogP contribution in [0.15, 0.2) is 29.8 Å². The van der Waals surface area contributed by atoms with Crippen LogP contribution in [-0.4, -0.2) is 16.5 Å². The fourth-order valence-electron chi connectivity index (χ4n) is 2.95. The molecule has 0 amide bonds. The van der Waals surface area contributed by atoms with Crippen LogP contribution in [0.2, 0.25) is 0 Å². The molecule has 0 aliphatic rings. The molecule has 3 nitrogen and oxygen atoms in total. The minimum absolute atomic E-state index is 0.154. The molecule has 122 valence electrons. The van der Waals surface area contributed by atoms with Crippen LogP contribution >= 0.6 is 11.3 Å². The maximum absolute atomic E-state index is 5.68. The molecule has 0 fully saturated rings. The van der Waals surface area contributed by atoms with Crippen LogP contribution in [0.3, 0.4) is 0 Å². The Morgan fingerprint density at radius 1 is 1.22 bits per heavy atom. The number of benzene rings is 1. The summed E-state index contributed by atoms with van der Waals surface area (Å²) in [6, 6.07) is 6.79. The summed E-state index contributed by atoms with van der Waals surface area (Å²) in [6.45, 7) is 7.53. The number of thiazole rings is 1. The zero-order chi connectivity index (χ0) is 16.4. The highest BCUT2D eigenvalue weighted by atomic mass is 32.1. The minimum atomic E-state index is 0.154. The van der Waals surface area contributed by atoms with Crippen LogP contribution in [-0.2, 0) is 11.8 Å².